The third-order valence-corrected chi connectivity index (χ3v) is 4.36. The summed E-state index contributed by atoms with van der Waals surface area (Å²) in [4.78, 5) is 0. The van der Waals surface area contributed by atoms with Crippen molar-refractivity contribution in [1.82, 2.24) is 5.32 Å². The van der Waals surface area contributed by atoms with Gasteiger partial charge in [-0.05, 0) is 36.6 Å². The van der Waals surface area contributed by atoms with Gasteiger partial charge in [0, 0.05) is 17.2 Å². The maximum atomic E-state index is 5.66. The summed E-state index contributed by atoms with van der Waals surface area (Å²) in [6.45, 7) is 3.33. The molecule has 3 nitrogen and oxygen atoms in total. The molecule has 2 unspecified atom stereocenters. The minimum absolute atomic E-state index is 0.337. The van der Waals surface area contributed by atoms with Crippen LogP contribution in [0.3, 0.4) is 0 Å². The molecular weight excluding hydrogens is 274 g/mol. The Hall–Kier alpha value is -2.00. The van der Waals surface area contributed by atoms with Gasteiger partial charge in [-0.25, -0.2) is 0 Å². The summed E-state index contributed by atoms with van der Waals surface area (Å²) < 4.78 is 11.3. The SMILES string of the molecule is COc1cc(C2CC(C)CN2)c(OC)cc1-c1ccccc1. The van der Waals surface area contributed by atoms with E-state index in [1.165, 1.54) is 5.56 Å². The van der Waals surface area contributed by atoms with Crippen molar-refractivity contribution in [1.29, 1.82) is 0 Å². The lowest BCUT2D eigenvalue weighted by molar-refractivity contribution is 0.394. The van der Waals surface area contributed by atoms with Crippen molar-refractivity contribution in [3.05, 3.63) is 48.0 Å². The summed E-state index contributed by atoms with van der Waals surface area (Å²) in [5.41, 5.74) is 3.38. The van der Waals surface area contributed by atoms with Crippen LogP contribution in [0, 0.1) is 5.92 Å². The van der Waals surface area contributed by atoms with Crippen LogP contribution in [-0.4, -0.2) is 20.8 Å². The number of methoxy groups -OCH3 is 2. The molecule has 0 spiro atoms. The highest BCUT2D eigenvalue weighted by atomic mass is 16.5. The van der Waals surface area contributed by atoms with E-state index >= 15 is 0 Å². The highest BCUT2D eigenvalue weighted by Gasteiger charge is 2.26. The molecule has 22 heavy (non-hydrogen) atoms. The molecule has 2 aromatic carbocycles. The Balaban J connectivity index is 2.06. The molecule has 3 heteroatoms. The van der Waals surface area contributed by atoms with E-state index in [1.54, 1.807) is 14.2 Å². The molecule has 1 aliphatic heterocycles. The topological polar surface area (TPSA) is 30.5 Å². The number of benzene rings is 2. The van der Waals surface area contributed by atoms with Gasteiger partial charge in [0.05, 0.1) is 14.2 Å². The molecule has 0 bridgehead atoms. The molecule has 116 valence electrons. The van der Waals surface area contributed by atoms with E-state index in [-0.39, 0.29) is 0 Å². The first kappa shape index (κ1) is 14.9. The Morgan fingerprint density at radius 3 is 2.32 bits per heavy atom. The average Bonchev–Trinajstić information content (AvgIpc) is 3.00. The summed E-state index contributed by atoms with van der Waals surface area (Å²) in [6.07, 6.45) is 1.13. The van der Waals surface area contributed by atoms with Gasteiger partial charge < -0.3 is 14.8 Å². The van der Waals surface area contributed by atoms with Crippen LogP contribution in [0.5, 0.6) is 11.5 Å². The molecule has 1 heterocycles. The standard InChI is InChI=1S/C19H23NO2/c1-13-9-17(20-12-13)16-11-18(21-2)15(10-19(16)22-3)14-7-5-4-6-8-14/h4-8,10-11,13,17,20H,9,12H2,1-3H3. The molecule has 3 rings (SSSR count). The van der Waals surface area contributed by atoms with Crippen LogP contribution < -0.4 is 14.8 Å². The number of ether oxygens (including phenoxy) is 2. The van der Waals surface area contributed by atoms with E-state index in [4.69, 9.17) is 9.47 Å². The molecule has 0 aromatic heterocycles. The first-order valence-corrected chi connectivity index (χ1v) is 7.77. The summed E-state index contributed by atoms with van der Waals surface area (Å²) in [7, 11) is 3.46. The van der Waals surface area contributed by atoms with Crippen molar-refractivity contribution in [2.75, 3.05) is 20.8 Å². The molecule has 1 N–H and O–H groups in total. The van der Waals surface area contributed by atoms with Crippen molar-refractivity contribution in [3.8, 4) is 22.6 Å². The predicted octanol–water partition coefficient (Wildman–Crippen LogP) is 4.04. The van der Waals surface area contributed by atoms with E-state index in [9.17, 15) is 0 Å². The lowest BCUT2D eigenvalue weighted by Crippen LogP contribution is -2.14. The molecule has 1 aliphatic rings. The zero-order valence-electron chi connectivity index (χ0n) is 13.4. The highest BCUT2D eigenvalue weighted by Crippen LogP contribution is 2.41. The maximum Gasteiger partial charge on any atom is 0.127 e. The first-order valence-electron chi connectivity index (χ1n) is 7.77. The van der Waals surface area contributed by atoms with Crippen LogP contribution in [0.2, 0.25) is 0 Å². The Bertz CT molecular complexity index is 639. The van der Waals surface area contributed by atoms with Gasteiger partial charge in [-0.3, -0.25) is 0 Å². The van der Waals surface area contributed by atoms with Gasteiger partial charge in [0.1, 0.15) is 11.5 Å². The number of hydrogen-bond acceptors (Lipinski definition) is 3. The Kier molecular flexibility index (Phi) is 4.34. The number of hydrogen-bond donors (Lipinski definition) is 1. The van der Waals surface area contributed by atoms with E-state index in [0.717, 1.165) is 35.6 Å². The van der Waals surface area contributed by atoms with Crippen molar-refractivity contribution >= 4 is 0 Å². The van der Waals surface area contributed by atoms with E-state index in [1.807, 2.05) is 18.2 Å². The quantitative estimate of drug-likeness (QED) is 0.924. The Labute approximate surface area is 132 Å². The van der Waals surface area contributed by atoms with Crippen molar-refractivity contribution < 1.29 is 9.47 Å². The van der Waals surface area contributed by atoms with E-state index in [0.29, 0.717) is 12.0 Å². The molecule has 2 aromatic rings. The average molecular weight is 297 g/mol. The fraction of sp³-hybridized carbons (Fsp3) is 0.368. The maximum absolute atomic E-state index is 5.66. The van der Waals surface area contributed by atoms with E-state index < -0.39 is 0 Å². The molecular formula is C19H23NO2. The molecule has 0 aliphatic carbocycles. The predicted molar refractivity (Wildman–Crippen MR) is 89.5 cm³/mol. The summed E-state index contributed by atoms with van der Waals surface area (Å²) in [5, 5.41) is 3.57. The van der Waals surface area contributed by atoms with Gasteiger partial charge in [0.2, 0.25) is 0 Å². The Morgan fingerprint density at radius 2 is 1.73 bits per heavy atom. The van der Waals surface area contributed by atoms with Crippen LogP contribution in [0.15, 0.2) is 42.5 Å². The van der Waals surface area contributed by atoms with Gasteiger partial charge >= 0.3 is 0 Å². The highest BCUT2D eigenvalue weighted by molar-refractivity contribution is 5.73. The lowest BCUT2D eigenvalue weighted by atomic mass is 9.96. The van der Waals surface area contributed by atoms with Crippen LogP contribution >= 0.6 is 0 Å². The smallest absolute Gasteiger partial charge is 0.127 e. The monoisotopic (exact) mass is 297 g/mol. The molecule has 0 amide bonds. The van der Waals surface area contributed by atoms with Gasteiger partial charge in [-0.1, -0.05) is 37.3 Å². The van der Waals surface area contributed by atoms with Crippen molar-refractivity contribution in [3.63, 3.8) is 0 Å². The molecule has 1 saturated heterocycles. The second-order valence-electron chi connectivity index (χ2n) is 5.96. The molecule has 1 fully saturated rings. The molecule has 0 radical (unpaired) electrons. The zero-order chi connectivity index (χ0) is 15.5. The van der Waals surface area contributed by atoms with Gasteiger partial charge in [-0.2, -0.15) is 0 Å². The van der Waals surface area contributed by atoms with Crippen LogP contribution in [0.4, 0.5) is 0 Å². The summed E-state index contributed by atoms with van der Waals surface area (Å²) >= 11 is 0. The normalized spacial score (nSPS) is 20.9. The van der Waals surface area contributed by atoms with Crippen molar-refractivity contribution in [2.24, 2.45) is 5.92 Å². The van der Waals surface area contributed by atoms with E-state index in [2.05, 4.69) is 36.5 Å². The third-order valence-electron chi connectivity index (χ3n) is 4.36. The molecule has 0 saturated carbocycles. The second kappa shape index (κ2) is 6.41. The van der Waals surface area contributed by atoms with Crippen molar-refractivity contribution in [2.45, 2.75) is 19.4 Å². The number of nitrogens with one attached hydrogen (secondary N) is 1. The fourth-order valence-electron chi connectivity index (χ4n) is 3.19. The largest absolute Gasteiger partial charge is 0.496 e. The lowest BCUT2D eigenvalue weighted by Gasteiger charge is -2.19. The first-order chi connectivity index (χ1) is 10.7. The van der Waals surface area contributed by atoms with Crippen LogP contribution in [0.25, 0.3) is 11.1 Å². The summed E-state index contributed by atoms with van der Waals surface area (Å²) in [6, 6.07) is 14.8. The third kappa shape index (κ3) is 2.81. The zero-order valence-corrected chi connectivity index (χ0v) is 13.4. The van der Waals surface area contributed by atoms with Gasteiger partial charge in [0.25, 0.3) is 0 Å². The van der Waals surface area contributed by atoms with Gasteiger partial charge in [-0.15, -0.1) is 0 Å². The Morgan fingerprint density at radius 1 is 1.00 bits per heavy atom. The minimum Gasteiger partial charge on any atom is -0.496 e. The fourth-order valence-corrected chi connectivity index (χ4v) is 3.19. The second-order valence-corrected chi connectivity index (χ2v) is 5.96. The minimum atomic E-state index is 0.337. The van der Waals surface area contributed by atoms with Crippen LogP contribution in [-0.2, 0) is 0 Å². The summed E-state index contributed by atoms with van der Waals surface area (Å²) in [5.74, 6) is 2.50. The number of rotatable bonds is 4. The van der Waals surface area contributed by atoms with Crippen LogP contribution in [0.1, 0.15) is 24.9 Å². The molecule has 2 atom stereocenters. The van der Waals surface area contributed by atoms with Gasteiger partial charge in [0.15, 0.2) is 0 Å².